The van der Waals surface area contributed by atoms with Gasteiger partial charge in [0.05, 0.1) is 28.7 Å². The molecule has 0 atom stereocenters. The summed E-state index contributed by atoms with van der Waals surface area (Å²) in [6.45, 7) is 6.66. The van der Waals surface area contributed by atoms with E-state index in [0.717, 1.165) is 43.6 Å². The van der Waals surface area contributed by atoms with Crippen LogP contribution in [0.4, 0.5) is 5.69 Å². The number of nitro groups is 1. The molecular formula is C23H26N4O3. The highest BCUT2D eigenvalue weighted by atomic mass is 16.6. The highest BCUT2D eigenvalue weighted by Gasteiger charge is 2.23. The minimum absolute atomic E-state index is 0.0457. The summed E-state index contributed by atoms with van der Waals surface area (Å²) in [4.78, 5) is 29.4. The summed E-state index contributed by atoms with van der Waals surface area (Å²) in [6.07, 6.45) is 4.15. The van der Waals surface area contributed by atoms with E-state index in [2.05, 4.69) is 35.5 Å². The molecule has 4 rings (SSSR count). The number of carbonyl (C=O) groups is 1. The number of fused-ring (bicyclic) bond motifs is 1. The molecule has 2 aromatic carbocycles. The number of hydrogen-bond acceptors (Lipinski definition) is 4. The number of amides is 1. The summed E-state index contributed by atoms with van der Waals surface area (Å²) in [5.41, 5.74) is 5.60. The molecule has 156 valence electrons. The Hall–Kier alpha value is -3.22. The SMILES string of the molecule is Cc1cc2ncn(CC3CCN(C(=O)Cc4ccc([N+](=O)[O-])cc4)CC3)c2cc1C. The van der Waals surface area contributed by atoms with Gasteiger partial charge in [0.1, 0.15) is 0 Å². The summed E-state index contributed by atoms with van der Waals surface area (Å²) >= 11 is 0. The number of rotatable bonds is 5. The number of imidazole rings is 1. The normalized spacial score (nSPS) is 14.9. The Morgan fingerprint density at radius 1 is 1.13 bits per heavy atom. The Morgan fingerprint density at radius 2 is 1.80 bits per heavy atom. The van der Waals surface area contributed by atoms with E-state index in [4.69, 9.17) is 0 Å². The summed E-state index contributed by atoms with van der Waals surface area (Å²) in [7, 11) is 0. The number of carbonyl (C=O) groups excluding carboxylic acids is 1. The van der Waals surface area contributed by atoms with E-state index >= 15 is 0 Å². The van der Waals surface area contributed by atoms with E-state index in [1.165, 1.54) is 28.8 Å². The summed E-state index contributed by atoms with van der Waals surface area (Å²) in [6, 6.07) is 10.6. The maximum absolute atomic E-state index is 12.6. The molecule has 7 heteroatoms. The van der Waals surface area contributed by atoms with Gasteiger partial charge in [-0.3, -0.25) is 14.9 Å². The molecule has 0 radical (unpaired) electrons. The van der Waals surface area contributed by atoms with Crippen LogP contribution in [0.25, 0.3) is 11.0 Å². The van der Waals surface area contributed by atoms with Gasteiger partial charge in [0.2, 0.25) is 5.91 Å². The number of benzene rings is 2. The molecule has 2 heterocycles. The average molecular weight is 406 g/mol. The summed E-state index contributed by atoms with van der Waals surface area (Å²) in [5.74, 6) is 0.605. The summed E-state index contributed by atoms with van der Waals surface area (Å²) in [5, 5.41) is 10.8. The molecule has 0 unspecified atom stereocenters. The molecule has 3 aromatic rings. The number of aryl methyl sites for hydroxylation is 2. The zero-order chi connectivity index (χ0) is 21.3. The maximum Gasteiger partial charge on any atom is 0.269 e. The van der Waals surface area contributed by atoms with Crippen molar-refractivity contribution >= 4 is 22.6 Å². The fourth-order valence-corrected chi connectivity index (χ4v) is 4.12. The molecule has 1 fully saturated rings. The number of aromatic nitrogens is 2. The lowest BCUT2D eigenvalue weighted by Gasteiger charge is -2.32. The van der Waals surface area contributed by atoms with Gasteiger partial charge >= 0.3 is 0 Å². The molecule has 0 bridgehead atoms. The molecule has 0 spiro atoms. The third-order valence-electron chi connectivity index (χ3n) is 6.16. The standard InChI is InChI=1S/C23H26N4O3/c1-16-11-21-22(12-17(16)2)26(15-24-21)14-19-7-9-25(10-8-19)23(28)13-18-3-5-20(6-4-18)27(29)30/h3-6,11-12,15,19H,7-10,13-14H2,1-2H3. The van der Waals surface area contributed by atoms with Crippen molar-refractivity contribution in [2.24, 2.45) is 5.92 Å². The largest absolute Gasteiger partial charge is 0.342 e. The Balaban J connectivity index is 1.33. The van der Waals surface area contributed by atoms with Gasteiger partial charge in [-0.2, -0.15) is 0 Å². The molecule has 1 aliphatic heterocycles. The number of nitrogens with zero attached hydrogens (tertiary/aromatic N) is 4. The van der Waals surface area contributed by atoms with Crippen molar-refractivity contribution in [3.63, 3.8) is 0 Å². The van der Waals surface area contributed by atoms with Gasteiger partial charge in [0, 0.05) is 31.8 Å². The number of piperidine rings is 1. The second kappa shape index (κ2) is 8.26. The van der Waals surface area contributed by atoms with Gasteiger partial charge < -0.3 is 9.47 Å². The van der Waals surface area contributed by atoms with Crippen LogP contribution in [0, 0.1) is 29.9 Å². The number of nitro benzene ring substituents is 1. The Bertz CT molecular complexity index is 1080. The lowest BCUT2D eigenvalue weighted by Crippen LogP contribution is -2.40. The molecule has 1 aliphatic rings. The van der Waals surface area contributed by atoms with E-state index in [0.29, 0.717) is 5.92 Å². The zero-order valence-corrected chi connectivity index (χ0v) is 17.4. The van der Waals surface area contributed by atoms with Crippen LogP contribution in [0.15, 0.2) is 42.7 Å². The second-order valence-electron chi connectivity index (χ2n) is 8.25. The van der Waals surface area contributed by atoms with Gasteiger partial charge in [0.15, 0.2) is 0 Å². The van der Waals surface area contributed by atoms with E-state index in [9.17, 15) is 14.9 Å². The number of non-ortho nitro benzene ring substituents is 1. The Kier molecular flexibility index (Phi) is 5.53. The molecule has 30 heavy (non-hydrogen) atoms. The quantitative estimate of drug-likeness (QED) is 0.473. The molecule has 0 saturated carbocycles. The van der Waals surface area contributed by atoms with Gasteiger partial charge in [-0.15, -0.1) is 0 Å². The molecular weight excluding hydrogens is 380 g/mol. The van der Waals surface area contributed by atoms with Crippen molar-refractivity contribution < 1.29 is 9.72 Å². The molecule has 1 amide bonds. The first-order valence-corrected chi connectivity index (χ1v) is 10.3. The highest BCUT2D eigenvalue weighted by molar-refractivity contribution is 5.79. The van der Waals surface area contributed by atoms with Crippen LogP contribution in [-0.2, 0) is 17.8 Å². The monoisotopic (exact) mass is 406 g/mol. The van der Waals surface area contributed by atoms with E-state index in [1.807, 2.05) is 11.2 Å². The van der Waals surface area contributed by atoms with Crippen molar-refractivity contribution in [1.29, 1.82) is 0 Å². The van der Waals surface area contributed by atoms with Crippen LogP contribution in [-0.4, -0.2) is 38.4 Å². The van der Waals surface area contributed by atoms with Gasteiger partial charge in [0.25, 0.3) is 5.69 Å². The predicted octanol–water partition coefficient (Wildman–Crippen LogP) is 4.04. The van der Waals surface area contributed by atoms with Crippen LogP contribution in [0.1, 0.15) is 29.5 Å². The topological polar surface area (TPSA) is 81.3 Å². The highest BCUT2D eigenvalue weighted by Crippen LogP contribution is 2.24. The van der Waals surface area contributed by atoms with E-state index < -0.39 is 4.92 Å². The predicted molar refractivity (Wildman–Crippen MR) is 115 cm³/mol. The first-order chi connectivity index (χ1) is 14.4. The minimum Gasteiger partial charge on any atom is -0.342 e. The first-order valence-electron chi connectivity index (χ1n) is 10.3. The molecule has 0 N–H and O–H groups in total. The van der Waals surface area contributed by atoms with Crippen LogP contribution < -0.4 is 0 Å². The Labute approximate surface area is 175 Å². The van der Waals surface area contributed by atoms with E-state index in [-0.39, 0.29) is 18.0 Å². The van der Waals surface area contributed by atoms with Crippen molar-refractivity contribution in [2.75, 3.05) is 13.1 Å². The molecule has 1 saturated heterocycles. The first kappa shape index (κ1) is 20.1. The second-order valence-corrected chi connectivity index (χ2v) is 8.25. The third kappa shape index (κ3) is 4.20. The van der Waals surface area contributed by atoms with Gasteiger partial charge in [-0.1, -0.05) is 12.1 Å². The van der Waals surface area contributed by atoms with Crippen LogP contribution in [0.2, 0.25) is 0 Å². The van der Waals surface area contributed by atoms with Crippen molar-refractivity contribution in [3.8, 4) is 0 Å². The molecule has 7 nitrogen and oxygen atoms in total. The van der Waals surface area contributed by atoms with Crippen molar-refractivity contribution in [2.45, 2.75) is 39.7 Å². The van der Waals surface area contributed by atoms with Crippen molar-refractivity contribution in [1.82, 2.24) is 14.5 Å². The molecule has 0 aliphatic carbocycles. The smallest absolute Gasteiger partial charge is 0.269 e. The lowest BCUT2D eigenvalue weighted by molar-refractivity contribution is -0.384. The van der Waals surface area contributed by atoms with Crippen LogP contribution >= 0.6 is 0 Å². The number of hydrogen-bond donors (Lipinski definition) is 0. The number of likely N-dealkylation sites (tertiary alicyclic amines) is 1. The molecule has 1 aromatic heterocycles. The third-order valence-corrected chi connectivity index (χ3v) is 6.16. The van der Waals surface area contributed by atoms with Crippen LogP contribution in [0.3, 0.4) is 0 Å². The fourth-order valence-electron chi connectivity index (χ4n) is 4.12. The van der Waals surface area contributed by atoms with E-state index in [1.54, 1.807) is 12.1 Å². The average Bonchev–Trinajstić information content (AvgIpc) is 3.10. The summed E-state index contributed by atoms with van der Waals surface area (Å²) < 4.78 is 2.24. The lowest BCUT2D eigenvalue weighted by atomic mass is 9.96. The maximum atomic E-state index is 12.6. The minimum atomic E-state index is -0.428. The fraction of sp³-hybridized carbons (Fsp3) is 0.391. The zero-order valence-electron chi connectivity index (χ0n) is 17.4. The van der Waals surface area contributed by atoms with Crippen LogP contribution in [0.5, 0.6) is 0 Å². The Morgan fingerprint density at radius 3 is 2.47 bits per heavy atom. The van der Waals surface area contributed by atoms with Gasteiger partial charge in [-0.25, -0.2) is 4.98 Å². The van der Waals surface area contributed by atoms with Crippen molar-refractivity contribution in [3.05, 3.63) is 69.5 Å². The van der Waals surface area contributed by atoms with Gasteiger partial charge in [-0.05, 0) is 61.4 Å².